The zero-order valence-electron chi connectivity index (χ0n) is 17.0. The summed E-state index contributed by atoms with van der Waals surface area (Å²) in [6.45, 7) is 2.37. The highest BCUT2D eigenvalue weighted by Gasteiger charge is 2.20. The predicted molar refractivity (Wildman–Crippen MR) is 130 cm³/mol. The summed E-state index contributed by atoms with van der Waals surface area (Å²) >= 11 is 14.2. The Balaban J connectivity index is 1.75. The largest absolute Gasteiger partial charge is 0.296 e. The molecule has 9 heteroatoms. The van der Waals surface area contributed by atoms with Gasteiger partial charge in [0.15, 0.2) is 5.13 Å². The number of aromatic nitrogens is 3. The fraction of sp³-hybridized carbons (Fsp3) is 0.130. The van der Waals surface area contributed by atoms with Gasteiger partial charge >= 0.3 is 0 Å². The molecule has 0 aliphatic carbocycles. The van der Waals surface area contributed by atoms with Crippen molar-refractivity contribution in [1.29, 1.82) is 0 Å². The quantitative estimate of drug-likeness (QED) is 0.363. The molecule has 4 aromatic rings. The number of hydrogen-bond donors (Lipinski definition) is 1. The van der Waals surface area contributed by atoms with Crippen LogP contribution in [0.25, 0.3) is 21.7 Å². The molecular weight excluding hydrogens is 467 g/mol. The zero-order valence-corrected chi connectivity index (χ0v) is 19.3. The second-order valence-corrected chi connectivity index (χ2v) is 8.70. The minimum Gasteiger partial charge on any atom is -0.296 e. The number of carbonyl (C=O) groups excluding carboxylic acids is 1. The second kappa shape index (κ2) is 9.65. The first kappa shape index (κ1) is 22.2. The van der Waals surface area contributed by atoms with Crippen molar-refractivity contribution in [2.24, 2.45) is 0 Å². The lowest BCUT2D eigenvalue weighted by atomic mass is 10.1. The van der Waals surface area contributed by atoms with Crippen molar-refractivity contribution in [2.45, 2.75) is 19.9 Å². The normalized spacial score (nSPS) is 10.8. The number of rotatable bonds is 6. The standard InChI is InChI=1S/C23H18Cl2N4O2S/c1-2-13-29-19(30)12-11-18(28-29)22(31)27-23-26-20(14-7-3-5-9-16(14)24)21(32-23)15-8-4-6-10-17(15)25/h3-12H,2,13H2,1H3,(H,26,27,31). The average molecular weight is 485 g/mol. The first-order chi connectivity index (χ1) is 15.5. The number of nitrogens with zero attached hydrogens (tertiary/aromatic N) is 3. The number of anilines is 1. The summed E-state index contributed by atoms with van der Waals surface area (Å²) in [5.41, 5.74) is 2.02. The van der Waals surface area contributed by atoms with Crippen molar-refractivity contribution in [3.8, 4) is 21.7 Å². The molecule has 2 heterocycles. The fourth-order valence-corrected chi connectivity index (χ4v) is 4.67. The van der Waals surface area contributed by atoms with E-state index in [1.54, 1.807) is 12.1 Å². The summed E-state index contributed by atoms with van der Waals surface area (Å²) in [4.78, 5) is 30.2. The van der Waals surface area contributed by atoms with Crippen LogP contribution in [-0.4, -0.2) is 20.7 Å². The van der Waals surface area contributed by atoms with Crippen LogP contribution in [0, 0.1) is 0 Å². The molecule has 0 radical (unpaired) electrons. The number of hydrogen-bond acceptors (Lipinski definition) is 5. The molecule has 0 saturated carbocycles. The van der Waals surface area contributed by atoms with E-state index in [2.05, 4.69) is 15.4 Å². The third-order valence-electron chi connectivity index (χ3n) is 4.63. The van der Waals surface area contributed by atoms with E-state index in [0.717, 1.165) is 22.4 Å². The molecular formula is C23H18Cl2N4O2S. The molecule has 2 aromatic carbocycles. The summed E-state index contributed by atoms with van der Waals surface area (Å²) in [6, 6.07) is 17.5. The molecule has 6 nitrogen and oxygen atoms in total. The Bertz CT molecular complexity index is 1290. The number of amides is 1. The molecule has 0 atom stereocenters. The Morgan fingerprint density at radius 3 is 2.31 bits per heavy atom. The molecule has 0 saturated heterocycles. The number of thiazole rings is 1. The number of nitrogens with one attached hydrogen (secondary N) is 1. The number of halogens is 2. The molecule has 0 bridgehead atoms. The van der Waals surface area contributed by atoms with E-state index in [1.807, 2.05) is 43.3 Å². The lowest BCUT2D eigenvalue weighted by molar-refractivity contribution is 0.101. The Hall–Kier alpha value is -3.00. The highest BCUT2D eigenvalue weighted by Crippen LogP contribution is 2.43. The van der Waals surface area contributed by atoms with Gasteiger partial charge in [-0.25, -0.2) is 9.67 Å². The maximum Gasteiger partial charge on any atom is 0.277 e. The summed E-state index contributed by atoms with van der Waals surface area (Å²) in [5.74, 6) is -0.458. The van der Waals surface area contributed by atoms with E-state index in [1.165, 1.54) is 28.2 Å². The molecule has 2 aromatic heterocycles. The number of carbonyl (C=O) groups is 1. The van der Waals surface area contributed by atoms with Gasteiger partial charge in [-0.05, 0) is 24.6 Å². The van der Waals surface area contributed by atoms with Crippen LogP contribution in [0.2, 0.25) is 10.0 Å². The van der Waals surface area contributed by atoms with Gasteiger partial charge in [-0.15, -0.1) is 0 Å². The maximum absolute atomic E-state index is 12.8. The summed E-state index contributed by atoms with van der Waals surface area (Å²) in [6.07, 6.45) is 0.729. The molecule has 0 spiro atoms. The minimum absolute atomic E-state index is 0.131. The molecule has 4 rings (SSSR count). The van der Waals surface area contributed by atoms with Crippen molar-refractivity contribution in [3.05, 3.63) is 86.8 Å². The second-order valence-electron chi connectivity index (χ2n) is 6.89. The molecule has 162 valence electrons. The molecule has 0 fully saturated rings. The van der Waals surface area contributed by atoms with Crippen molar-refractivity contribution in [3.63, 3.8) is 0 Å². The van der Waals surface area contributed by atoms with E-state index >= 15 is 0 Å². The summed E-state index contributed by atoms with van der Waals surface area (Å²) < 4.78 is 1.28. The topological polar surface area (TPSA) is 76.9 Å². The first-order valence-corrected chi connectivity index (χ1v) is 11.5. The minimum atomic E-state index is -0.458. The highest BCUT2D eigenvalue weighted by atomic mass is 35.5. The zero-order chi connectivity index (χ0) is 22.7. The van der Waals surface area contributed by atoms with Gasteiger partial charge < -0.3 is 0 Å². The van der Waals surface area contributed by atoms with Crippen molar-refractivity contribution in [1.82, 2.24) is 14.8 Å². The van der Waals surface area contributed by atoms with Gasteiger partial charge in [0.1, 0.15) is 5.69 Å². The molecule has 0 aliphatic rings. The molecule has 1 amide bonds. The fourth-order valence-electron chi connectivity index (χ4n) is 3.14. The highest BCUT2D eigenvalue weighted by molar-refractivity contribution is 7.19. The van der Waals surface area contributed by atoms with Crippen LogP contribution >= 0.6 is 34.5 Å². The molecule has 32 heavy (non-hydrogen) atoms. The predicted octanol–water partition coefficient (Wildman–Crippen LogP) is 6.00. The van der Waals surface area contributed by atoms with E-state index in [-0.39, 0.29) is 11.3 Å². The van der Waals surface area contributed by atoms with Crippen LogP contribution in [0.3, 0.4) is 0 Å². The van der Waals surface area contributed by atoms with E-state index < -0.39 is 5.91 Å². The SMILES string of the molecule is CCCn1nc(C(=O)Nc2nc(-c3ccccc3Cl)c(-c3ccccc3Cl)s2)ccc1=O. The lowest BCUT2D eigenvalue weighted by Crippen LogP contribution is -2.26. The number of aryl methyl sites for hydroxylation is 1. The molecule has 0 aliphatic heterocycles. The number of benzene rings is 2. The maximum atomic E-state index is 12.8. The Labute approximate surface area is 198 Å². The van der Waals surface area contributed by atoms with Gasteiger partial charge in [0.05, 0.1) is 15.6 Å². The van der Waals surface area contributed by atoms with Crippen molar-refractivity contribution < 1.29 is 4.79 Å². The van der Waals surface area contributed by atoms with Crippen LogP contribution < -0.4 is 10.9 Å². The molecule has 0 unspecified atom stereocenters. The van der Waals surface area contributed by atoms with Gasteiger partial charge in [0.2, 0.25) is 0 Å². The van der Waals surface area contributed by atoms with Gasteiger partial charge in [0.25, 0.3) is 11.5 Å². The van der Waals surface area contributed by atoms with Crippen LogP contribution in [-0.2, 0) is 6.54 Å². The van der Waals surface area contributed by atoms with Crippen LogP contribution in [0.15, 0.2) is 65.5 Å². The van der Waals surface area contributed by atoms with Gasteiger partial charge in [-0.3, -0.25) is 14.9 Å². The van der Waals surface area contributed by atoms with Crippen molar-refractivity contribution in [2.75, 3.05) is 5.32 Å². The van der Waals surface area contributed by atoms with Crippen LogP contribution in [0.5, 0.6) is 0 Å². The van der Waals surface area contributed by atoms with E-state index in [4.69, 9.17) is 23.2 Å². The van der Waals surface area contributed by atoms with Crippen LogP contribution in [0.4, 0.5) is 5.13 Å². The lowest BCUT2D eigenvalue weighted by Gasteiger charge is -2.06. The van der Waals surface area contributed by atoms with Gasteiger partial charge in [-0.2, -0.15) is 5.10 Å². The third-order valence-corrected chi connectivity index (χ3v) is 6.29. The summed E-state index contributed by atoms with van der Waals surface area (Å²) in [5, 5.41) is 8.42. The summed E-state index contributed by atoms with van der Waals surface area (Å²) in [7, 11) is 0. The Morgan fingerprint density at radius 1 is 1.00 bits per heavy atom. The average Bonchev–Trinajstić information content (AvgIpc) is 3.19. The molecule has 1 N–H and O–H groups in total. The smallest absolute Gasteiger partial charge is 0.277 e. The van der Waals surface area contributed by atoms with E-state index in [0.29, 0.717) is 27.4 Å². The third kappa shape index (κ3) is 4.60. The first-order valence-electron chi connectivity index (χ1n) is 9.88. The van der Waals surface area contributed by atoms with Gasteiger partial charge in [-0.1, -0.05) is 77.9 Å². The Morgan fingerprint density at radius 2 is 1.66 bits per heavy atom. The monoisotopic (exact) mass is 484 g/mol. The van der Waals surface area contributed by atoms with Gasteiger partial charge in [0, 0.05) is 28.8 Å². The van der Waals surface area contributed by atoms with Crippen molar-refractivity contribution >= 4 is 45.6 Å². The Kier molecular flexibility index (Phi) is 6.69. The van der Waals surface area contributed by atoms with Crippen LogP contribution in [0.1, 0.15) is 23.8 Å². The van der Waals surface area contributed by atoms with E-state index in [9.17, 15) is 9.59 Å².